The summed E-state index contributed by atoms with van der Waals surface area (Å²) in [6, 6.07) is 1.11. The predicted octanol–water partition coefficient (Wildman–Crippen LogP) is 2.43. The summed E-state index contributed by atoms with van der Waals surface area (Å²) in [6.07, 6.45) is 0. The lowest BCUT2D eigenvalue weighted by Gasteiger charge is -2.28. The topological polar surface area (TPSA) is 60.4 Å². The van der Waals surface area contributed by atoms with Gasteiger partial charge in [-0.2, -0.15) is 17.2 Å². The Labute approximate surface area is 99.5 Å². The molecule has 9 heteroatoms. The van der Waals surface area contributed by atoms with E-state index < -0.39 is 29.8 Å². The van der Waals surface area contributed by atoms with Gasteiger partial charge in [0, 0.05) is 0 Å². The zero-order chi connectivity index (χ0) is 13.9. The first kappa shape index (κ1) is 16.4. The summed E-state index contributed by atoms with van der Waals surface area (Å²) >= 11 is 0. The Bertz CT molecular complexity index is 370. The second-order valence-corrected chi connectivity index (χ2v) is 9.67. The fourth-order valence-electron chi connectivity index (χ4n) is 1.32. The highest BCUT2D eigenvalue weighted by Crippen LogP contribution is 2.30. The molecule has 0 bridgehead atoms. The van der Waals surface area contributed by atoms with Crippen molar-refractivity contribution in [2.24, 2.45) is 0 Å². The lowest BCUT2D eigenvalue weighted by molar-refractivity contribution is -0.152. The van der Waals surface area contributed by atoms with Crippen molar-refractivity contribution in [3.63, 3.8) is 0 Å². The molecule has 0 amide bonds. The minimum Gasteiger partial charge on any atom is -0.514 e. The molecular formula is C8H15F3O4SSi. The number of alkyl halides is 2. The third-order valence-corrected chi connectivity index (χ3v) is 8.05. The quantitative estimate of drug-likeness (QED) is 0.557. The smallest absolute Gasteiger partial charge is 0.469 e. The summed E-state index contributed by atoms with van der Waals surface area (Å²) in [6.45, 7) is 4.98. The molecule has 0 fully saturated rings. The molecule has 0 heterocycles. The Hall–Kier alpha value is -0.573. The minimum atomic E-state index is -6.28. The molecule has 4 nitrogen and oxygen atoms in total. The van der Waals surface area contributed by atoms with Gasteiger partial charge >= 0.3 is 21.4 Å². The van der Waals surface area contributed by atoms with Crippen LogP contribution in [-0.4, -0.2) is 28.0 Å². The molecule has 0 aromatic carbocycles. The molecule has 0 aliphatic heterocycles. The van der Waals surface area contributed by atoms with Crippen LogP contribution in [0.5, 0.6) is 0 Å². The Morgan fingerprint density at radius 1 is 1.18 bits per heavy atom. The number of halogens is 3. The first-order chi connectivity index (χ1) is 7.56. The van der Waals surface area contributed by atoms with Crippen LogP contribution in [0.25, 0.3) is 0 Å². The van der Waals surface area contributed by atoms with Crippen LogP contribution in [0.3, 0.4) is 0 Å². The molecule has 0 saturated carbocycles. The van der Waals surface area contributed by atoms with Gasteiger partial charge in [-0.15, -0.1) is 0 Å². The Kier molecular flexibility index (Phi) is 5.20. The van der Waals surface area contributed by atoms with Gasteiger partial charge in [-0.05, 0) is 18.1 Å². The Balaban J connectivity index is 5.11. The molecule has 0 N–H and O–H groups in total. The van der Waals surface area contributed by atoms with Crippen LogP contribution in [0.2, 0.25) is 18.1 Å². The average Bonchev–Trinajstić information content (AvgIpc) is 2.24. The first-order valence-electron chi connectivity index (χ1n) is 5.11. The highest BCUT2D eigenvalue weighted by atomic mass is 32.3. The van der Waals surface area contributed by atoms with Gasteiger partial charge in [0.1, 0.15) is 0 Å². The average molecular weight is 292 g/mol. The molecule has 0 rings (SSSR count). The number of hydrogen-bond donors (Lipinski definition) is 0. The van der Waals surface area contributed by atoms with Gasteiger partial charge in [-0.1, -0.05) is 24.7 Å². The van der Waals surface area contributed by atoms with Crippen molar-refractivity contribution in [1.82, 2.24) is 0 Å². The van der Waals surface area contributed by atoms with Crippen molar-refractivity contribution < 1.29 is 30.3 Å². The molecule has 17 heavy (non-hydrogen) atoms. The lowest BCUT2D eigenvalue weighted by atomic mass is 10.7. The van der Waals surface area contributed by atoms with E-state index in [-0.39, 0.29) is 0 Å². The Morgan fingerprint density at radius 2 is 1.53 bits per heavy atom. The summed E-state index contributed by atoms with van der Waals surface area (Å²) in [5, 5.41) is -5.12. The molecule has 0 spiro atoms. The van der Waals surface area contributed by atoms with E-state index in [0.29, 0.717) is 18.1 Å². The monoisotopic (exact) mass is 292 g/mol. The number of rotatable bonds is 6. The molecule has 0 unspecified atom stereocenters. The van der Waals surface area contributed by atoms with E-state index in [1.165, 1.54) is 0 Å². The number of hydrogen-bond acceptors (Lipinski definition) is 4. The summed E-state index contributed by atoms with van der Waals surface area (Å²) in [5.41, 5.74) is 0. The van der Waals surface area contributed by atoms with E-state index in [2.05, 4.69) is 4.43 Å². The van der Waals surface area contributed by atoms with Crippen LogP contribution < -0.4 is 0 Å². The zero-order valence-electron chi connectivity index (χ0n) is 9.80. The second-order valence-electron chi connectivity index (χ2n) is 3.59. The molecule has 0 aliphatic carbocycles. The van der Waals surface area contributed by atoms with E-state index in [1.807, 2.05) is 0 Å². The normalized spacial score (nSPS) is 13.5. The summed E-state index contributed by atoms with van der Waals surface area (Å²) in [5.74, 6) is -2.31. The van der Waals surface area contributed by atoms with Gasteiger partial charge in [0.15, 0.2) is 0 Å². The third kappa shape index (κ3) is 3.44. The van der Waals surface area contributed by atoms with Gasteiger partial charge in [-0.3, -0.25) is 0 Å². The summed E-state index contributed by atoms with van der Waals surface area (Å²) in [7, 11) is -9.01. The van der Waals surface area contributed by atoms with E-state index in [1.54, 1.807) is 20.8 Å². The van der Waals surface area contributed by atoms with Gasteiger partial charge in [0.05, 0.1) is 0 Å². The molecule has 0 aliphatic rings. The van der Waals surface area contributed by atoms with E-state index in [0.717, 1.165) is 0 Å². The van der Waals surface area contributed by atoms with Gasteiger partial charge < -0.3 is 4.43 Å². The minimum absolute atomic E-state index is 0.369. The first-order valence-corrected chi connectivity index (χ1v) is 9.03. The van der Waals surface area contributed by atoms with Crippen LogP contribution in [-0.2, 0) is 19.4 Å². The maximum Gasteiger partial charge on any atom is 0.469 e. The van der Waals surface area contributed by atoms with Crippen LogP contribution >= 0.6 is 0 Å². The van der Waals surface area contributed by atoms with Crippen molar-refractivity contribution in [1.29, 1.82) is 0 Å². The molecule has 0 aromatic heterocycles. The summed E-state index contributed by atoms with van der Waals surface area (Å²) in [4.78, 5) is 11.0. The highest BCUT2D eigenvalue weighted by Gasteiger charge is 2.57. The summed E-state index contributed by atoms with van der Waals surface area (Å²) < 4.78 is 62.8. The molecule has 0 saturated heterocycles. The maximum absolute atomic E-state index is 12.8. The van der Waals surface area contributed by atoms with Gasteiger partial charge in [-0.25, -0.2) is 4.79 Å². The Morgan fingerprint density at radius 3 is 1.76 bits per heavy atom. The zero-order valence-corrected chi connectivity index (χ0v) is 11.6. The van der Waals surface area contributed by atoms with Crippen molar-refractivity contribution >= 4 is 24.5 Å². The second kappa shape index (κ2) is 5.38. The predicted molar refractivity (Wildman–Crippen MR) is 58.3 cm³/mol. The fraction of sp³-hybridized carbons (Fsp3) is 0.875. The number of carbonyl (C=O) groups is 1. The van der Waals surface area contributed by atoms with E-state index in [9.17, 15) is 25.9 Å². The molecule has 0 atom stereocenters. The van der Waals surface area contributed by atoms with Crippen molar-refractivity contribution in [2.45, 2.75) is 44.2 Å². The molecule has 0 radical (unpaired) electrons. The maximum atomic E-state index is 12.8. The number of carbonyl (C=O) groups excluding carboxylic acids is 1. The molecular weight excluding hydrogens is 277 g/mol. The van der Waals surface area contributed by atoms with Crippen molar-refractivity contribution in [2.75, 3.05) is 0 Å². The van der Waals surface area contributed by atoms with E-state index >= 15 is 0 Å². The lowest BCUT2D eigenvalue weighted by Crippen LogP contribution is -2.46. The standard InChI is InChI=1S/C8H15F3O4SSi/c1-4-17(5-2,6-3)15-7(12)8(9,10)16(11,13)14/h4-6H2,1-3H3. The largest absolute Gasteiger partial charge is 0.514 e. The van der Waals surface area contributed by atoms with Crippen LogP contribution in [0.15, 0.2) is 0 Å². The van der Waals surface area contributed by atoms with Crippen LogP contribution in [0.4, 0.5) is 12.7 Å². The third-order valence-electron chi connectivity index (χ3n) is 2.79. The molecule has 102 valence electrons. The highest BCUT2D eigenvalue weighted by molar-refractivity contribution is 7.88. The van der Waals surface area contributed by atoms with Gasteiger partial charge in [0.25, 0.3) is 8.32 Å². The molecule has 0 aromatic rings. The fourth-order valence-corrected chi connectivity index (χ4v) is 4.09. The van der Waals surface area contributed by atoms with E-state index in [4.69, 9.17) is 0 Å². The van der Waals surface area contributed by atoms with Crippen LogP contribution in [0.1, 0.15) is 20.8 Å². The van der Waals surface area contributed by atoms with Crippen molar-refractivity contribution in [3.05, 3.63) is 0 Å². The van der Waals surface area contributed by atoms with Crippen LogP contribution in [0, 0.1) is 0 Å². The van der Waals surface area contributed by atoms with Gasteiger partial charge in [0.2, 0.25) is 0 Å². The SMILES string of the molecule is CC[Si](CC)(CC)OC(=O)C(F)(F)S(=O)(=O)F. The van der Waals surface area contributed by atoms with Crippen molar-refractivity contribution in [3.8, 4) is 0 Å².